The number of allylic oxidation sites excluding steroid dienone is 1. The molecule has 0 aromatic heterocycles. The van der Waals surface area contributed by atoms with Crippen molar-refractivity contribution in [2.75, 3.05) is 0 Å². The monoisotopic (exact) mass is 151 g/mol. The normalized spacial score (nSPS) is 11.1. The Kier molecular flexibility index (Phi) is 3.79. The lowest BCUT2D eigenvalue weighted by Gasteiger charge is -1.90. The highest BCUT2D eigenvalue weighted by Gasteiger charge is 1.95. The largest absolute Gasteiger partial charge is 0.300 e. The zero-order valence-corrected chi connectivity index (χ0v) is 5.59. The molecule has 0 aliphatic carbocycles. The first-order valence-corrected chi connectivity index (χ1v) is 2.72. The van der Waals surface area contributed by atoms with Crippen LogP contribution in [0.1, 0.15) is 13.3 Å². The van der Waals surface area contributed by atoms with Gasteiger partial charge in [0, 0.05) is 0 Å². The zero-order valence-electron chi connectivity index (χ0n) is 4.83. The van der Waals surface area contributed by atoms with Crippen molar-refractivity contribution >= 4 is 11.6 Å². The van der Waals surface area contributed by atoms with E-state index >= 15 is 0 Å². The first kappa shape index (κ1) is 8.23. The minimum atomic E-state index is -0.950. The quantitative estimate of drug-likeness (QED) is 0.350. The maximum atomic E-state index is 9.54. The molecule has 0 atom stereocenters. The summed E-state index contributed by atoms with van der Waals surface area (Å²) in [6.07, 6.45) is 2.02. The van der Waals surface area contributed by atoms with Crippen LogP contribution in [-0.4, -0.2) is 5.09 Å². The van der Waals surface area contributed by atoms with Gasteiger partial charge >= 0.3 is 5.09 Å². The summed E-state index contributed by atoms with van der Waals surface area (Å²) in [5.41, 5.74) is 0. The minimum absolute atomic E-state index is 0.192. The van der Waals surface area contributed by atoms with E-state index in [4.69, 9.17) is 11.6 Å². The van der Waals surface area contributed by atoms with Gasteiger partial charge in [0.05, 0.1) is 0 Å². The van der Waals surface area contributed by atoms with Gasteiger partial charge in [-0.05, 0) is 12.5 Å². The Morgan fingerprint density at radius 3 is 2.89 bits per heavy atom. The lowest BCUT2D eigenvalue weighted by molar-refractivity contribution is -0.740. The van der Waals surface area contributed by atoms with Gasteiger partial charge in [0.25, 0.3) is 0 Å². The van der Waals surface area contributed by atoms with Crippen LogP contribution >= 0.6 is 11.6 Å². The highest BCUT2D eigenvalue weighted by atomic mass is 35.5. The van der Waals surface area contributed by atoms with Gasteiger partial charge < -0.3 is 0 Å². The van der Waals surface area contributed by atoms with Gasteiger partial charge in [-0.2, -0.15) is 0 Å². The molecule has 0 rings (SSSR count). The molecule has 9 heavy (non-hydrogen) atoms. The summed E-state index contributed by atoms with van der Waals surface area (Å²) in [5.74, 6) is 0. The van der Waals surface area contributed by atoms with Gasteiger partial charge in [0.2, 0.25) is 0 Å². The molecule has 0 aliphatic heterocycles. The standard InChI is InChI=1S/C4H6ClNO3/c1-2-3-4(5)9-6(7)8/h3H,2H2,1H3. The van der Waals surface area contributed by atoms with Crippen molar-refractivity contribution in [2.24, 2.45) is 0 Å². The van der Waals surface area contributed by atoms with E-state index in [0.29, 0.717) is 6.42 Å². The maximum Gasteiger partial charge on any atom is 0.300 e. The van der Waals surface area contributed by atoms with Crippen LogP contribution in [0.3, 0.4) is 0 Å². The van der Waals surface area contributed by atoms with Crippen molar-refractivity contribution in [1.29, 1.82) is 0 Å². The van der Waals surface area contributed by atoms with E-state index in [-0.39, 0.29) is 5.22 Å². The molecule has 0 bridgehead atoms. The van der Waals surface area contributed by atoms with E-state index in [9.17, 15) is 10.1 Å². The third-order valence-corrected chi connectivity index (χ3v) is 0.750. The van der Waals surface area contributed by atoms with Crippen molar-refractivity contribution in [3.05, 3.63) is 21.4 Å². The summed E-state index contributed by atoms with van der Waals surface area (Å²) in [6.45, 7) is 1.80. The second-order valence-electron chi connectivity index (χ2n) is 1.23. The summed E-state index contributed by atoms with van der Waals surface area (Å²) in [7, 11) is 0. The Morgan fingerprint density at radius 1 is 2.00 bits per heavy atom. The van der Waals surface area contributed by atoms with Gasteiger partial charge in [-0.3, -0.25) is 4.84 Å². The molecule has 0 heterocycles. The van der Waals surface area contributed by atoms with Gasteiger partial charge in [-0.15, -0.1) is 10.1 Å². The minimum Gasteiger partial charge on any atom is -0.264 e. The number of hydrogen-bond acceptors (Lipinski definition) is 3. The highest BCUT2D eigenvalue weighted by molar-refractivity contribution is 6.28. The molecule has 0 saturated heterocycles. The average Bonchev–Trinajstić information content (AvgIpc) is 1.63. The Labute approximate surface area is 57.2 Å². The first-order chi connectivity index (χ1) is 4.16. The van der Waals surface area contributed by atoms with Crippen LogP contribution in [0.2, 0.25) is 0 Å². The highest BCUT2D eigenvalue weighted by Crippen LogP contribution is 2.03. The molecule has 0 saturated carbocycles. The van der Waals surface area contributed by atoms with Crippen molar-refractivity contribution in [3.63, 3.8) is 0 Å². The Balaban J connectivity index is 3.62. The number of nitrogens with zero attached hydrogens (tertiary/aromatic N) is 1. The molecule has 0 fully saturated rings. The molecule has 0 aliphatic rings. The molecule has 52 valence electrons. The predicted octanol–water partition coefficient (Wildman–Crippen LogP) is 1.68. The SMILES string of the molecule is CCC=C(Cl)O[N+](=O)[O-]. The van der Waals surface area contributed by atoms with E-state index in [2.05, 4.69) is 4.84 Å². The fraction of sp³-hybridized carbons (Fsp3) is 0.500. The Bertz CT molecular complexity index is 134. The molecule has 0 N–H and O–H groups in total. The molecule has 0 spiro atoms. The molecule has 4 nitrogen and oxygen atoms in total. The maximum absolute atomic E-state index is 9.54. The molecule has 0 aromatic rings. The van der Waals surface area contributed by atoms with Crippen LogP contribution in [0.25, 0.3) is 0 Å². The fourth-order valence-electron chi connectivity index (χ4n) is 0.269. The molecule has 0 radical (unpaired) electrons. The number of halogens is 1. The second kappa shape index (κ2) is 4.14. The Morgan fingerprint density at radius 2 is 2.56 bits per heavy atom. The first-order valence-electron chi connectivity index (χ1n) is 2.34. The smallest absolute Gasteiger partial charge is 0.264 e. The topological polar surface area (TPSA) is 52.4 Å². The van der Waals surface area contributed by atoms with Gasteiger partial charge in [0.15, 0.2) is 5.22 Å². The fourth-order valence-corrected chi connectivity index (χ4v) is 0.480. The van der Waals surface area contributed by atoms with Gasteiger partial charge in [-0.1, -0.05) is 18.5 Å². The van der Waals surface area contributed by atoms with E-state index in [1.807, 2.05) is 0 Å². The van der Waals surface area contributed by atoms with Crippen LogP contribution in [0.15, 0.2) is 11.3 Å². The summed E-state index contributed by atoms with van der Waals surface area (Å²) in [6, 6.07) is 0. The van der Waals surface area contributed by atoms with Gasteiger partial charge in [0.1, 0.15) is 0 Å². The van der Waals surface area contributed by atoms with Crippen molar-refractivity contribution in [1.82, 2.24) is 0 Å². The second-order valence-corrected chi connectivity index (χ2v) is 1.60. The lowest BCUT2D eigenvalue weighted by atomic mass is 10.5. The zero-order chi connectivity index (χ0) is 7.28. The predicted molar refractivity (Wildman–Crippen MR) is 32.3 cm³/mol. The van der Waals surface area contributed by atoms with E-state index < -0.39 is 5.09 Å². The van der Waals surface area contributed by atoms with E-state index in [1.165, 1.54) is 6.08 Å². The molecular weight excluding hydrogens is 146 g/mol. The molecule has 0 amide bonds. The lowest BCUT2D eigenvalue weighted by Crippen LogP contribution is -1.95. The third-order valence-electron chi connectivity index (χ3n) is 0.526. The molecule has 0 aromatic carbocycles. The average molecular weight is 152 g/mol. The molecule has 0 unspecified atom stereocenters. The third kappa shape index (κ3) is 5.10. The van der Waals surface area contributed by atoms with Crippen LogP contribution in [-0.2, 0) is 4.84 Å². The number of hydrogen-bond donors (Lipinski definition) is 0. The van der Waals surface area contributed by atoms with Crippen LogP contribution in [0, 0.1) is 10.1 Å². The summed E-state index contributed by atoms with van der Waals surface area (Å²) >= 11 is 5.17. The van der Waals surface area contributed by atoms with Crippen molar-refractivity contribution in [2.45, 2.75) is 13.3 Å². The summed E-state index contributed by atoms with van der Waals surface area (Å²) in [4.78, 5) is 13.4. The van der Waals surface area contributed by atoms with E-state index in [0.717, 1.165) is 0 Å². The summed E-state index contributed by atoms with van der Waals surface area (Å²) in [5, 5.41) is 8.40. The van der Waals surface area contributed by atoms with Crippen molar-refractivity contribution < 1.29 is 9.92 Å². The van der Waals surface area contributed by atoms with Crippen LogP contribution in [0.5, 0.6) is 0 Å². The van der Waals surface area contributed by atoms with Crippen molar-refractivity contribution in [3.8, 4) is 0 Å². The van der Waals surface area contributed by atoms with Crippen LogP contribution < -0.4 is 0 Å². The molecule has 5 heteroatoms. The Hall–Kier alpha value is -0.770. The molecular formula is C4H6ClNO3. The van der Waals surface area contributed by atoms with Gasteiger partial charge in [-0.25, -0.2) is 0 Å². The number of rotatable bonds is 3. The van der Waals surface area contributed by atoms with E-state index in [1.54, 1.807) is 6.92 Å². The summed E-state index contributed by atoms with van der Waals surface area (Å²) < 4.78 is 0. The van der Waals surface area contributed by atoms with Crippen LogP contribution in [0.4, 0.5) is 0 Å².